The minimum absolute atomic E-state index is 0.0341. The summed E-state index contributed by atoms with van der Waals surface area (Å²) in [6.07, 6.45) is 0. The van der Waals surface area contributed by atoms with Gasteiger partial charge in [0.1, 0.15) is 5.82 Å². The van der Waals surface area contributed by atoms with Gasteiger partial charge in [0.15, 0.2) is 0 Å². The molecule has 0 spiro atoms. The summed E-state index contributed by atoms with van der Waals surface area (Å²) in [6.45, 7) is 7.84. The van der Waals surface area contributed by atoms with Crippen molar-refractivity contribution >= 4 is 21.6 Å². The lowest BCUT2D eigenvalue weighted by Crippen LogP contribution is -2.36. The fraction of sp³-hybridized carbons (Fsp3) is 0.211. The van der Waals surface area contributed by atoms with Gasteiger partial charge < -0.3 is 0 Å². The second kappa shape index (κ2) is 8.79. The van der Waals surface area contributed by atoms with Crippen molar-refractivity contribution in [1.29, 1.82) is 0 Å². The van der Waals surface area contributed by atoms with Crippen molar-refractivity contribution in [2.75, 3.05) is 13.1 Å². The van der Waals surface area contributed by atoms with Crippen LogP contribution in [0.25, 0.3) is 5.70 Å². The van der Waals surface area contributed by atoms with Crippen molar-refractivity contribution in [3.8, 4) is 0 Å². The number of hydrogen-bond acceptors (Lipinski definition) is 4. The molecule has 0 aliphatic rings. The molecule has 0 saturated heterocycles. The number of carbonyl (C=O) groups is 1. The maximum absolute atomic E-state index is 13.7. The summed E-state index contributed by atoms with van der Waals surface area (Å²) >= 11 is 0. The second-order valence-electron chi connectivity index (χ2n) is 5.65. The predicted molar refractivity (Wildman–Crippen MR) is 103 cm³/mol. The topological polar surface area (TPSA) is 78.5 Å². The van der Waals surface area contributed by atoms with Crippen LogP contribution in [0.5, 0.6) is 0 Å². The van der Waals surface area contributed by atoms with Gasteiger partial charge in [0.05, 0.1) is 10.6 Å². The molecule has 2 N–H and O–H groups in total. The Bertz CT molecular complexity index is 941. The molecule has 0 aliphatic carbocycles. The summed E-state index contributed by atoms with van der Waals surface area (Å²) in [5.41, 5.74) is 5.49. The van der Waals surface area contributed by atoms with Gasteiger partial charge in [0.25, 0.3) is 5.91 Å². The fourth-order valence-electron chi connectivity index (χ4n) is 2.49. The molecule has 0 atom stereocenters. The minimum atomic E-state index is -3.67. The van der Waals surface area contributed by atoms with E-state index in [-0.39, 0.29) is 21.7 Å². The van der Waals surface area contributed by atoms with E-state index in [9.17, 15) is 17.6 Å². The maximum atomic E-state index is 13.7. The largest absolute Gasteiger partial charge is 0.298 e. The first-order valence-corrected chi connectivity index (χ1v) is 9.85. The first kappa shape index (κ1) is 20.6. The lowest BCUT2D eigenvalue weighted by Gasteiger charge is -2.18. The summed E-state index contributed by atoms with van der Waals surface area (Å²) < 4.78 is 40.2. The Balaban J connectivity index is 2.14. The number of amides is 1. The molecule has 0 bridgehead atoms. The van der Waals surface area contributed by atoms with Gasteiger partial charge >= 0.3 is 0 Å². The number of rotatable bonds is 8. The minimum Gasteiger partial charge on any atom is -0.298 e. The Kier molecular flexibility index (Phi) is 6.70. The molecule has 0 radical (unpaired) electrons. The summed E-state index contributed by atoms with van der Waals surface area (Å²) in [5, 5.41) is 0. The smallest absolute Gasteiger partial charge is 0.269 e. The highest BCUT2D eigenvalue weighted by molar-refractivity contribution is 7.89. The lowest BCUT2D eigenvalue weighted by molar-refractivity contribution is 0.0942. The van der Waals surface area contributed by atoms with Crippen molar-refractivity contribution in [2.45, 2.75) is 18.7 Å². The van der Waals surface area contributed by atoms with Crippen LogP contribution < -0.4 is 10.9 Å². The molecule has 2 aromatic carbocycles. The predicted octanol–water partition coefficient (Wildman–Crippen LogP) is 2.76. The second-order valence-corrected chi connectivity index (χ2v) is 7.59. The third kappa shape index (κ3) is 4.72. The average Bonchev–Trinajstić information content (AvgIpc) is 2.67. The van der Waals surface area contributed by atoms with Crippen LogP contribution in [0.4, 0.5) is 4.39 Å². The van der Waals surface area contributed by atoms with Gasteiger partial charge in [0, 0.05) is 24.2 Å². The monoisotopic (exact) mass is 391 g/mol. The van der Waals surface area contributed by atoms with Gasteiger partial charge in [0.2, 0.25) is 10.0 Å². The molecule has 8 heteroatoms. The Labute approximate surface area is 158 Å². The molecular weight excluding hydrogens is 369 g/mol. The number of benzene rings is 2. The molecule has 0 aliphatic heterocycles. The van der Waals surface area contributed by atoms with E-state index in [0.29, 0.717) is 13.1 Å². The molecule has 144 valence electrons. The number of nitrogens with one attached hydrogen (secondary N) is 2. The van der Waals surface area contributed by atoms with Gasteiger partial charge in [-0.15, -0.1) is 0 Å². The van der Waals surface area contributed by atoms with Crippen molar-refractivity contribution in [2.24, 2.45) is 0 Å². The Hall–Kier alpha value is -2.71. The summed E-state index contributed by atoms with van der Waals surface area (Å²) in [6, 6.07) is 11.7. The normalized spacial score (nSPS) is 11.3. The van der Waals surface area contributed by atoms with Crippen LogP contribution in [0.1, 0.15) is 29.8 Å². The molecule has 0 unspecified atom stereocenters. The highest BCUT2D eigenvalue weighted by Gasteiger charge is 2.22. The third-order valence-corrected chi connectivity index (χ3v) is 6.01. The number of nitrogens with zero attached hydrogens (tertiary/aromatic N) is 1. The van der Waals surface area contributed by atoms with Gasteiger partial charge in [-0.1, -0.05) is 38.6 Å². The van der Waals surface area contributed by atoms with Gasteiger partial charge in [-0.3, -0.25) is 15.6 Å². The SMILES string of the molecule is C=C(NNC(=O)c1cccc(S(=O)(=O)N(CC)CC)c1)c1ccccc1F. The van der Waals surface area contributed by atoms with E-state index in [1.165, 1.54) is 40.7 Å². The van der Waals surface area contributed by atoms with Crippen molar-refractivity contribution in [3.05, 3.63) is 72.1 Å². The van der Waals surface area contributed by atoms with Crippen LogP contribution in [0, 0.1) is 5.82 Å². The molecular formula is C19H22FN3O3S. The molecule has 27 heavy (non-hydrogen) atoms. The van der Waals surface area contributed by atoms with Gasteiger partial charge in [-0.25, -0.2) is 12.8 Å². The Morgan fingerprint density at radius 1 is 1.07 bits per heavy atom. The molecule has 6 nitrogen and oxygen atoms in total. The van der Waals surface area contributed by atoms with Crippen LogP contribution in [0.2, 0.25) is 0 Å². The number of sulfonamides is 1. The zero-order chi connectivity index (χ0) is 20.0. The first-order chi connectivity index (χ1) is 12.8. The van der Waals surface area contributed by atoms with Crippen molar-refractivity contribution < 1.29 is 17.6 Å². The Morgan fingerprint density at radius 3 is 2.37 bits per heavy atom. The molecule has 0 heterocycles. The van der Waals surface area contributed by atoms with Gasteiger partial charge in [-0.2, -0.15) is 4.31 Å². The zero-order valence-corrected chi connectivity index (χ0v) is 16.0. The van der Waals surface area contributed by atoms with Crippen LogP contribution in [0.3, 0.4) is 0 Å². The number of halogens is 1. The number of hydrazine groups is 1. The molecule has 2 rings (SSSR count). The highest BCUT2D eigenvalue weighted by atomic mass is 32.2. The molecule has 2 aromatic rings. The maximum Gasteiger partial charge on any atom is 0.269 e. The zero-order valence-electron chi connectivity index (χ0n) is 15.2. The van der Waals surface area contributed by atoms with E-state index in [0.717, 1.165) is 0 Å². The Morgan fingerprint density at radius 2 is 1.74 bits per heavy atom. The van der Waals surface area contributed by atoms with Crippen molar-refractivity contribution in [3.63, 3.8) is 0 Å². The van der Waals surface area contributed by atoms with Crippen LogP contribution in [0.15, 0.2) is 60.0 Å². The molecule has 0 fully saturated rings. The van der Waals surface area contributed by atoms with E-state index >= 15 is 0 Å². The molecule has 0 saturated carbocycles. The van der Waals surface area contributed by atoms with Crippen LogP contribution in [-0.2, 0) is 10.0 Å². The van der Waals surface area contributed by atoms with Gasteiger partial charge in [-0.05, 0) is 30.3 Å². The summed E-state index contributed by atoms with van der Waals surface area (Å²) in [5.74, 6) is -1.04. The molecule has 0 aromatic heterocycles. The quantitative estimate of drug-likeness (QED) is 0.679. The van der Waals surface area contributed by atoms with E-state index < -0.39 is 21.7 Å². The van der Waals surface area contributed by atoms with E-state index in [1.54, 1.807) is 26.0 Å². The fourth-order valence-corrected chi connectivity index (χ4v) is 3.99. The first-order valence-electron chi connectivity index (χ1n) is 8.41. The van der Waals surface area contributed by atoms with E-state index in [4.69, 9.17) is 0 Å². The summed E-state index contributed by atoms with van der Waals surface area (Å²) in [7, 11) is -3.67. The standard InChI is InChI=1S/C19H22FN3O3S/c1-4-23(5-2)27(25,26)16-10-8-9-15(13-16)19(24)22-21-14(3)17-11-6-7-12-18(17)20/h6-13,21H,3-5H2,1-2H3,(H,22,24). The highest BCUT2D eigenvalue weighted by Crippen LogP contribution is 2.17. The lowest BCUT2D eigenvalue weighted by atomic mass is 10.1. The summed E-state index contributed by atoms with van der Waals surface area (Å²) in [4.78, 5) is 12.4. The van der Waals surface area contributed by atoms with Crippen LogP contribution in [-0.4, -0.2) is 31.7 Å². The van der Waals surface area contributed by atoms with Crippen LogP contribution >= 0.6 is 0 Å². The average molecular weight is 391 g/mol. The third-order valence-electron chi connectivity index (χ3n) is 3.97. The number of carbonyl (C=O) groups excluding carboxylic acids is 1. The number of hydrogen-bond donors (Lipinski definition) is 2. The van der Waals surface area contributed by atoms with E-state index in [2.05, 4.69) is 17.4 Å². The van der Waals surface area contributed by atoms with Crippen molar-refractivity contribution in [1.82, 2.24) is 15.2 Å². The van der Waals surface area contributed by atoms with E-state index in [1.807, 2.05) is 0 Å². The molecule has 1 amide bonds.